The van der Waals surface area contributed by atoms with Crippen molar-refractivity contribution >= 4 is 29.5 Å². The molecule has 5 amide bonds. The number of carbonyl (C=O) groups excluding carboxylic acids is 5. The molecule has 0 saturated heterocycles. The molecule has 11 heteroatoms. The summed E-state index contributed by atoms with van der Waals surface area (Å²) in [5, 5.41) is 10.8. The van der Waals surface area contributed by atoms with Crippen LogP contribution in [0, 0.1) is 5.92 Å². The summed E-state index contributed by atoms with van der Waals surface area (Å²) in [4.78, 5) is 64.8. The second kappa shape index (κ2) is 17.6. The van der Waals surface area contributed by atoms with E-state index in [9.17, 15) is 24.0 Å². The molecular weight excluding hydrogens is 548 g/mol. The van der Waals surface area contributed by atoms with E-state index in [-0.39, 0.29) is 18.8 Å². The summed E-state index contributed by atoms with van der Waals surface area (Å²) in [5.74, 6) is -3.20. The van der Waals surface area contributed by atoms with Gasteiger partial charge >= 0.3 is 0 Å². The van der Waals surface area contributed by atoms with E-state index < -0.39 is 59.7 Å². The van der Waals surface area contributed by atoms with Crippen LogP contribution >= 0.6 is 0 Å². The number of nitrogens with two attached hydrogens (primary N) is 2. The van der Waals surface area contributed by atoms with E-state index in [2.05, 4.69) is 21.3 Å². The molecule has 43 heavy (non-hydrogen) atoms. The molecule has 2 aromatic carbocycles. The van der Waals surface area contributed by atoms with E-state index in [1.165, 1.54) is 6.92 Å². The highest BCUT2D eigenvalue weighted by Gasteiger charge is 2.32. The highest BCUT2D eigenvalue weighted by molar-refractivity contribution is 5.96. The van der Waals surface area contributed by atoms with Gasteiger partial charge < -0.3 is 32.7 Å². The number of primary amides is 1. The highest BCUT2D eigenvalue weighted by Crippen LogP contribution is 2.10. The Morgan fingerprint density at radius 2 is 1.14 bits per heavy atom. The zero-order valence-electron chi connectivity index (χ0n) is 25.5. The summed E-state index contributed by atoms with van der Waals surface area (Å²) in [5.41, 5.74) is 12.9. The van der Waals surface area contributed by atoms with Gasteiger partial charge in [0.2, 0.25) is 29.5 Å². The molecule has 8 N–H and O–H groups in total. The van der Waals surface area contributed by atoms with Gasteiger partial charge in [-0.2, -0.15) is 0 Å². The van der Waals surface area contributed by atoms with Crippen LogP contribution in [-0.2, 0) is 36.8 Å². The third-order valence-corrected chi connectivity index (χ3v) is 7.07. The van der Waals surface area contributed by atoms with Gasteiger partial charge in [-0.05, 0) is 30.4 Å². The minimum atomic E-state index is -1.08. The number of unbranched alkanes of at least 4 members (excludes halogenated alkanes) is 1. The zero-order chi connectivity index (χ0) is 31.9. The van der Waals surface area contributed by atoms with Gasteiger partial charge in [-0.3, -0.25) is 24.0 Å². The van der Waals surface area contributed by atoms with E-state index >= 15 is 0 Å². The molecule has 0 aliphatic heterocycles. The first-order valence-corrected chi connectivity index (χ1v) is 14.8. The Labute approximate surface area is 253 Å². The monoisotopic (exact) mass is 594 g/mol. The Morgan fingerprint density at radius 1 is 0.674 bits per heavy atom. The van der Waals surface area contributed by atoms with E-state index in [0.717, 1.165) is 24.0 Å². The quantitative estimate of drug-likeness (QED) is 0.159. The predicted octanol–water partition coefficient (Wildman–Crippen LogP) is 1.09. The van der Waals surface area contributed by atoms with Gasteiger partial charge in [-0.25, -0.2) is 0 Å². The van der Waals surface area contributed by atoms with Crippen LogP contribution in [0.1, 0.15) is 58.1 Å². The van der Waals surface area contributed by atoms with Crippen LogP contribution in [0.15, 0.2) is 60.7 Å². The molecule has 0 unspecified atom stereocenters. The van der Waals surface area contributed by atoms with Crippen molar-refractivity contribution in [1.29, 1.82) is 0 Å². The maximum atomic E-state index is 13.7. The largest absolute Gasteiger partial charge is 0.368 e. The van der Waals surface area contributed by atoms with Crippen molar-refractivity contribution in [2.24, 2.45) is 17.4 Å². The number of carbonyl (C=O) groups is 5. The fourth-order valence-corrected chi connectivity index (χ4v) is 4.39. The molecule has 2 rings (SSSR count). The van der Waals surface area contributed by atoms with Crippen molar-refractivity contribution in [3.05, 3.63) is 71.8 Å². The smallest absolute Gasteiger partial charge is 0.243 e. The fourth-order valence-electron chi connectivity index (χ4n) is 4.39. The molecule has 0 fully saturated rings. The van der Waals surface area contributed by atoms with Crippen molar-refractivity contribution in [2.45, 2.75) is 90.0 Å². The molecule has 0 aliphatic rings. The summed E-state index contributed by atoms with van der Waals surface area (Å²) in [6, 6.07) is 13.4. The van der Waals surface area contributed by atoms with Crippen molar-refractivity contribution in [2.75, 3.05) is 0 Å². The average molecular weight is 595 g/mol. The van der Waals surface area contributed by atoms with Crippen LogP contribution in [0.25, 0.3) is 0 Å². The lowest BCUT2D eigenvalue weighted by molar-refractivity contribution is -0.135. The minimum absolute atomic E-state index is 0.130. The van der Waals surface area contributed by atoms with Gasteiger partial charge in [0.15, 0.2) is 0 Å². The lowest BCUT2D eigenvalue weighted by atomic mass is 9.99. The number of hydrogen-bond donors (Lipinski definition) is 6. The number of benzene rings is 2. The predicted molar refractivity (Wildman–Crippen MR) is 165 cm³/mol. The molecule has 234 valence electrons. The van der Waals surface area contributed by atoms with E-state index in [1.54, 1.807) is 13.8 Å². The molecule has 0 spiro atoms. The topological polar surface area (TPSA) is 186 Å². The maximum absolute atomic E-state index is 13.7. The second-order valence-electron chi connectivity index (χ2n) is 11.1. The third kappa shape index (κ3) is 11.9. The van der Waals surface area contributed by atoms with Crippen LogP contribution in [0.4, 0.5) is 0 Å². The molecule has 0 aliphatic carbocycles. The summed E-state index contributed by atoms with van der Waals surface area (Å²) >= 11 is 0. The Balaban J connectivity index is 2.31. The van der Waals surface area contributed by atoms with Crippen molar-refractivity contribution in [1.82, 2.24) is 21.3 Å². The number of rotatable bonds is 17. The van der Waals surface area contributed by atoms with Crippen molar-refractivity contribution in [3.8, 4) is 0 Å². The molecule has 0 bridgehead atoms. The van der Waals surface area contributed by atoms with Crippen LogP contribution in [0.2, 0.25) is 0 Å². The van der Waals surface area contributed by atoms with Crippen LogP contribution < -0.4 is 32.7 Å². The van der Waals surface area contributed by atoms with Gasteiger partial charge in [-0.1, -0.05) is 94.3 Å². The van der Waals surface area contributed by atoms with E-state index in [4.69, 9.17) is 11.5 Å². The Hall–Kier alpha value is -4.25. The average Bonchev–Trinajstić information content (AvgIpc) is 2.98. The first-order chi connectivity index (χ1) is 20.4. The molecular formula is C32H46N6O5. The van der Waals surface area contributed by atoms with E-state index in [0.29, 0.717) is 6.42 Å². The first kappa shape index (κ1) is 34.9. The standard InChI is InChI=1S/C32H46N6O5/c1-5-6-17-24(33)29(40)38-27(20(2)3)32(43)37-26(19-23-15-11-8-12-16-23)31(42)36-25(18-22-13-9-7-10-14-22)30(41)35-21(4)28(34)39/h7-16,20-21,24-27H,5-6,17-19,33H2,1-4H3,(H2,34,39)(H,35,41)(H,36,42)(H,37,43)(H,38,40)/t21-,24-,25-,26-,27-/m1/s1. The van der Waals surface area contributed by atoms with Gasteiger partial charge in [0.1, 0.15) is 24.2 Å². The Kier molecular flexibility index (Phi) is 14.3. The summed E-state index contributed by atoms with van der Waals surface area (Å²) in [6.07, 6.45) is 2.42. The zero-order valence-corrected chi connectivity index (χ0v) is 25.5. The molecule has 11 nitrogen and oxygen atoms in total. The third-order valence-electron chi connectivity index (χ3n) is 7.07. The van der Waals surface area contributed by atoms with Gasteiger partial charge in [0.25, 0.3) is 0 Å². The van der Waals surface area contributed by atoms with Gasteiger partial charge in [-0.15, -0.1) is 0 Å². The van der Waals surface area contributed by atoms with Gasteiger partial charge in [0.05, 0.1) is 6.04 Å². The molecule has 0 saturated carbocycles. The molecule has 0 radical (unpaired) electrons. The Morgan fingerprint density at radius 3 is 1.58 bits per heavy atom. The molecule has 0 heterocycles. The maximum Gasteiger partial charge on any atom is 0.243 e. The molecule has 5 atom stereocenters. The minimum Gasteiger partial charge on any atom is -0.368 e. The number of nitrogens with one attached hydrogen (secondary N) is 4. The summed E-state index contributed by atoms with van der Waals surface area (Å²) < 4.78 is 0. The molecule has 0 aromatic heterocycles. The number of hydrogen-bond acceptors (Lipinski definition) is 6. The van der Waals surface area contributed by atoms with Crippen molar-refractivity contribution < 1.29 is 24.0 Å². The van der Waals surface area contributed by atoms with Crippen LogP contribution in [0.3, 0.4) is 0 Å². The first-order valence-electron chi connectivity index (χ1n) is 14.8. The second-order valence-corrected chi connectivity index (χ2v) is 11.1. The van der Waals surface area contributed by atoms with Crippen LogP contribution in [-0.4, -0.2) is 59.7 Å². The SMILES string of the molecule is CCCC[C@@H](N)C(=O)N[C@@H](C(=O)N[C@H](Cc1ccccc1)C(=O)N[C@H](Cc1ccccc1)C(=O)N[C@H](C)C(N)=O)C(C)C. The molecule has 2 aromatic rings. The summed E-state index contributed by atoms with van der Waals surface area (Å²) in [6.45, 7) is 7.02. The van der Waals surface area contributed by atoms with Crippen molar-refractivity contribution in [3.63, 3.8) is 0 Å². The Bertz CT molecular complexity index is 1210. The van der Waals surface area contributed by atoms with Gasteiger partial charge in [0, 0.05) is 12.8 Å². The highest BCUT2D eigenvalue weighted by atomic mass is 16.2. The fraction of sp³-hybridized carbons (Fsp3) is 0.469. The lowest BCUT2D eigenvalue weighted by Crippen LogP contribution is -2.60. The normalized spacial score (nSPS) is 14.5. The lowest BCUT2D eigenvalue weighted by Gasteiger charge is -2.28. The summed E-state index contributed by atoms with van der Waals surface area (Å²) in [7, 11) is 0. The van der Waals surface area contributed by atoms with E-state index in [1.807, 2.05) is 67.6 Å². The van der Waals surface area contributed by atoms with Crippen LogP contribution in [0.5, 0.6) is 0 Å². The number of amides is 5.